The largest absolute Gasteiger partial charge is 0.383 e. The number of hydrogen-bond acceptors (Lipinski definition) is 5. The van der Waals surface area contributed by atoms with Crippen LogP contribution in [0.3, 0.4) is 0 Å². The van der Waals surface area contributed by atoms with Crippen molar-refractivity contribution >= 4 is 40.4 Å². The molecule has 35 heavy (non-hydrogen) atoms. The molecule has 2 aliphatic rings. The predicted molar refractivity (Wildman–Crippen MR) is 139 cm³/mol. The third-order valence-electron chi connectivity index (χ3n) is 6.86. The molecule has 3 aromatic rings. The molecule has 0 unspecified atom stereocenters. The van der Waals surface area contributed by atoms with Gasteiger partial charge in [0, 0.05) is 61.0 Å². The van der Waals surface area contributed by atoms with E-state index in [0.717, 1.165) is 29.2 Å². The first-order chi connectivity index (χ1) is 17.1. The Morgan fingerprint density at radius 2 is 1.77 bits per heavy atom. The molecule has 0 saturated carbocycles. The van der Waals surface area contributed by atoms with Gasteiger partial charge in [0.05, 0.1) is 18.6 Å². The van der Waals surface area contributed by atoms with Crippen LogP contribution in [0.25, 0.3) is 0 Å². The van der Waals surface area contributed by atoms with Crippen molar-refractivity contribution in [2.75, 3.05) is 51.3 Å². The first-order valence-electron chi connectivity index (χ1n) is 11.8. The van der Waals surface area contributed by atoms with Crippen LogP contribution in [-0.2, 0) is 9.53 Å². The van der Waals surface area contributed by atoms with Gasteiger partial charge < -0.3 is 19.4 Å². The van der Waals surface area contributed by atoms with Crippen LogP contribution in [-0.4, -0.2) is 68.1 Å². The van der Waals surface area contributed by atoms with Gasteiger partial charge in [-0.15, -0.1) is 11.3 Å². The summed E-state index contributed by atoms with van der Waals surface area (Å²) in [5, 5.41) is 2.71. The van der Waals surface area contributed by atoms with Crippen LogP contribution in [0, 0.1) is 0 Å². The molecule has 0 N–H and O–H groups in total. The molecule has 2 amide bonds. The molecule has 6 nitrogen and oxygen atoms in total. The second-order valence-corrected chi connectivity index (χ2v) is 10.2. The van der Waals surface area contributed by atoms with Gasteiger partial charge in [0.15, 0.2) is 0 Å². The smallest absolute Gasteiger partial charge is 0.254 e. The topological polar surface area (TPSA) is 53.1 Å². The molecular weight excluding hydrogens is 482 g/mol. The van der Waals surface area contributed by atoms with E-state index in [0.29, 0.717) is 36.8 Å². The number of hydrogen-bond donors (Lipinski definition) is 0. The number of amides is 2. The van der Waals surface area contributed by atoms with Crippen LogP contribution in [0.15, 0.2) is 66.0 Å². The van der Waals surface area contributed by atoms with Crippen molar-refractivity contribution in [1.82, 2.24) is 9.80 Å². The summed E-state index contributed by atoms with van der Waals surface area (Å²) in [7, 11) is 1.63. The molecule has 1 aromatic heterocycles. The molecule has 8 heteroatoms. The van der Waals surface area contributed by atoms with E-state index in [-0.39, 0.29) is 17.9 Å². The van der Waals surface area contributed by atoms with Crippen LogP contribution in [0.4, 0.5) is 5.69 Å². The number of anilines is 1. The molecule has 1 saturated heterocycles. The third-order valence-corrected chi connectivity index (χ3v) is 8.05. The van der Waals surface area contributed by atoms with Gasteiger partial charge in [-0.1, -0.05) is 35.9 Å². The van der Waals surface area contributed by atoms with Crippen molar-refractivity contribution < 1.29 is 14.3 Å². The zero-order valence-corrected chi connectivity index (χ0v) is 21.2. The van der Waals surface area contributed by atoms with Gasteiger partial charge in [0.25, 0.3) is 5.91 Å². The lowest BCUT2D eigenvalue weighted by molar-refractivity contribution is -0.135. The number of methoxy groups -OCH3 is 1. The molecule has 0 radical (unpaired) electrons. The van der Waals surface area contributed by atoms with Crippen LogP contribution in [0.2, 0.25) is 5.02 Å². The van der Waals surface area contributed by atoms with Gasteiger partial charge in [0.2, 0.25) is 5.91 Å². The zero-order chi connectivity index (χ0) is 24.4. The Bertz CT molecular complexity index is 1180. The van der Waals surface area contributed by atoms with Crippen LogP contribution >= 0.6 is 22.9 Å². The summed E-state index contributed by atoms with van der Waals surface area (Å²) >= 11 is 7.63. The second-order valence-electron chi connectivity index (χ2n) is 8.81. The highest BCUT2D eigenvalue weighted by Gasteiger charge is 2.46. The number of carbonyl (C=O) groups excluding carboxylic acids is 2. The lowest BCUT2D eigenvalue weighted by atomic mass is 9.81. The van der Waals surface area contributed by atoms with E-state index in [9.17, 15) is 9.59 Å². The summed E-state index contributed by atoms with van der Waals surface area (Å²) in [6.45, 7) is 3.60. The third kappa shape index (κ3) is 4.68. The Labute approximate surface area is 214 Å². The van der Waals surface area contributed by atoms with E-state index in [1.807, 2.05) is 75.8 Å². The monoisotopic (exact) mass is 509 g/mol. The molecule has 3 heterocycles. The quantitative estimate of drug-likeness (QED) is 0.484. The Hall–Kier alpha value is -2.87. The average Bonchev–Trinajstić information content (AvgIpc) is 3.43. The molecule has 0 spiro atoms. The number of halogens is 1. The fourth-order valence-corrected chi connectivity index (χ4v) is 6.10. The number of ether oxygens (including phenoxy) is 1. The van der Waals surface area contributed by atoms with E-state index in [1.165, 1.54) is 0 Å². The van der Waals surface area contributed by atoms with Gasteiger partial charge in [-0.05, 0) is 47.3 Å². The van der Waals surface area contributed by atoms with Gasteiger partial charge in [-0.2, -0.15) is 0 Å². The van der Waals surface area contributed by atoms with Crippen LogP contribution in [0.5, 0.6) is 0 Å². The Morgan fingerprint density at radius 1 is 1.03 bits per heavy atom. The van der Waals surface area contributed by atoms with E-state index < -0.39 is 5.92 Å². The molecule has 182 valence electrons. The van der Waals surface area contributed by atoms with Crippen LogP contribution in [0.1, 0.15) is 32.8 Å². The summed E-state index contributed by atoms with van der Waals surface area (Å²) in [5.74, 6) is -0.435. The highest BCUT2D eigenvalue weighted by atomic mass is 35.5. The highest BCUT2D eigenvalue weighted by Crippen LogP contribution is 2.45. The number of carbonyl (C=O) groups is 2. The van der Waals surface area contributed by atoms with Gasteiger partial charge in [-0.25, -0.2) is 0 Å². The minimum atomic E-state index is -0.457. The Kier molecular flexibility index (Phi) is 7.09. The highest BCUT2D eigenvalue weighted by molar-refractivity contribution is 7.10. The summed E-state index contributed by atoms with van der Waals surface area (Å²) in [5.41, 5.74) is 2.53. The molecular formula is C27H28ClN3O3S. The zero-order valence-electron chi connectivity index (χ0n) is 19.6. The SMILES string of the molecule is COCCN1C(=O)c2ccccc2[C@H](C(=O)N2CCN(c3ccc(Cl)cc3)CC2)[C@@H]1c1cccs1. The summed E-state index contributed by atoms with van der Waals surface area (Å²) in [4.78, 5) is 34.8. The molecule has 2 aliphatic heterocycles. The number of nitrogens with zero attached hydrogens (tertiary/aromatic N) is 3. The second kappa shape index (κ2) is 10.4. The fraction of sp³-hybridized carbons (Fsp3) is 0.333. The van der Waals surface area contributed by atoms with E-state index in [1.54, 1.807) is 18.4 Å². The van der Waals surface area contributed by atoms with Crippen LogP contribution < -0.4 is 4.90 Å². The summed E-state index contributed by atoms with van der Waals surface area (Å²) in [6.07, 6.45) is 0. The fourth-order valence-electron chi connectivity index (χ4n) is 5.10. The lowest BCUT2D eigenvalue weighted by Gasteiger charge is -2.44. The van der Waals surface area contributed by atoms with Crippen molar-refractivity contribution in [1.29, 1.82) is 0 Å². The maximum Gasteiger partial charge on any atom is 0.254 e. The number of benzene rings is 2. The molecule has 1 fully saturated rings. The summed E-state index contributed by atoms with van der Waals surface area (Å²) in [6, 6.07) is 19.0. The van der Waals surface area contributed by atoms with Gasteiger partial charge >= 0.3 is 0 Å². The van der Waals surface area contributed by atoms with Crippen molar-refractivity contribution in [2.45, 2.75) is 12.0 Å². The van der Waals surface area contributed by atoms with Crippen molar-refractivity contribution in [3.05, 3.63) is 87.1 Å². The molecule has 0 bridgehead atoms. The average molecular weight is 510 g/mol. The maximum absolute atomic E-state index is 14.2. The normalized spacial score (nSPS) is 20.2. The first-order valence-corrected chi connectivity index (χ1v) is 13.1. The minimum Gasteiger partial charge on any atom is -0.383 e. The van der Waals surface area contributed by atoms with Crippen molar-refractivity contribution in [3.8, 4) is 0 Å². The lowest BCUT2D eigenvalue weighted by Crippen LogP contribution is -2.53. The number of rotatable bonds is 6. The van der Waals surface area contributed by atoms with Crippen molar-refractivity contribution in [2.24, 2.45) is 0 Å². The number of piperazine rings is 1. The van der Waals surface area contributed by atoms with Crippen molar-refractivity contribution in [3.63, 3.8) is 0 Å². The standard InChI is InChI=1S/C27H28ClN3O3S/c1-34-17-16-31-25(23-7-4-18-35-23)24(21-5-2-3-6-22(21)26(31)32)27(33)30-14-12-29(13-15-30)20-10-8-19(28)9-11-20/h2-11,18,24-25H,12-17H2,1H3/t24-,25-/m0/s1. The molecule has 2 atom stereocenters. The van der Waals surface area contributed by atoms with Gasteiger partial charge in [0.1, 0.15) is 0 Å². The maximum atomic E-state index is 14.2. The first kappa shape index (κ1) is 23.9. The molecule has 2 aromatic carbocycles. The van der Waals surface area contributed by atoms with E-state index in [2.05, 4.69) is 4.90 Å². The Morgan fingerprint density at radius 3 is 2.46 bits per heavy atom. The van der Waals surface area contributed by atoms with Gasteiger partial charge in [-0.3, -0.25) is 9.59 Å². The minimum absolute atomic E-state index is 0.0485. The van der Waals surface area contributed by atoms with E-state index >= 15 is 0 Å². The molecule has 5 rings (SSSR count). The molecule has 0 aliphatic carbocycles. The number of fused-ring (bicyclic) bond motifs is 1. The predicted octanol–water partition coefficient (Wildman–Crippen LogP) is 4.68. The Balaban J connectivity index is 1.45. The number of thiophene rings is 1. The summed E-state index contributed by atoms with van der Waals surface area (Å²) < 4.78 is 5.32. The van der Waals surface area contributed by atoms with E-state index in [4.69, 9.17) is 16.3 Å².